The number of aromatic nitrogens is 5. The van der Waals surface area contributed by atoms with Gasteiger partial charge in [-0.05, 0) is 48.2 Å². The molecular formula is C23H26N6OS. The second-order valence-corrected chi connectivity index (χ2v) is 8.57. The summed E-state index contributed by atoms with van der Waals surface area (Å²) in [4.78, 5) is 0. The molecule has 0 saturated carbocycles. The molecule has 4 rings (SSSR count). The van der Waals surface area contributed by atoms with Crippen molar-refractivity contribution in [3.05, 3.63) is 83.4 Å². The van der Waals surface area contributed by atoms with E-state index in [0.717, 1.165) is 28.3 Å². The van der Waals surface area contributed by atoms with Crippen molar-refractivity contribution >= 4 is 11.8 Å². The lowest BCUT2D eigenvalue weighted by Crippen LogP contribution is -2.16. The fraction of sp³-hybridized carbons (Fsp3) is 0.261. The van der Waals surface area contributed by atoms with Gasteiger partial charge >= 0.3 is 0 Å². The van der Waals surface area contributed by atoms with E-state index in [1.165, 1.54) is 16.4 Å². The van der Waals surface area contributed by atoms with E-state index in [1.807, 2.05) is 53.3 Å². The molecule has 0 fully saturated rings. The van der Waals surface area contributed by atoms with Gasteiger partial charge in [-0.3, -0.25) is 0 Å². The van der Waals surface area contributed by atoms with Crippen molar-refractivity contribution in [2.24, 2.45) is 0 Å². The molecule has 2 heterocycles. The Morgan fingerprint density at radius 3 is 2.65 bits per heavy atom. The van der Waals surface area contributed by atoms with Crippen molar-refractivity contribution < 1.29 is 4.74 Å². The predicted molar refractivity (Wildman–Crippen MR) is 123 cm³/mol. The zero-order chi connectivity index (χ0) is 21.8. The fourth-order valence-corrected chi connectivity index (χ4v) is 3.97. The number of aryl methyl sites for hydroxylation is 1. The Bertz CT molecular complexity index is 1150. The van der Waals surface area contributed by atoms with Gasteiger partial charge in [-0.15, -0.1) is 10.2 Å². The van der Waals surface area contributed by atoms with Crippen LogP contribution in [0.5, 0.6) is 5.75 Å². The molecule has 31 heavy (non-hydrogen) atoms. The Hall–Kier alpha value is -3.26. The van der Waals surface area contributed by atoms with Crippen molar-refractivity contribution in [2.45, 2.75) is 44.2 Å². The standard InChI is InChI=1S/C23H26N6OS/c1-16(2)20-10-9-17(3)13-21(20)30-14-22-25-26-23(29(22)24)31-15-18-11-12-28(27-18)19-7-5-4-6-8-19/h4-13,16H,14-15,24H2,1-3H3. The minimum Gasteiger partial charge on any atom is -0.485 e. The molecule has 0 spiro atoms. The van der Waals surface area contributed by atoms with E-state index >= 15 is 0 Å². The highest BCUT2D eigenvalue weighted by molar-refractivity contribution is 7.98. The molecule has 0 aliphatic carbocycles. The summed E-state index contributed by atoms with van der Waals surface area (Å²) in [5, 5.41) is 13.7. The van der Waals surface area contributed by atoms with Crippen LogP contribution in [0.25, 0.3) is 5.69 Å². The van der Waals surface area contributed by atoms with Crippen LogP contribution >= 0.6 is 11.8 Å². The Morgan fingerprint density at radius 2 is 1.87 bits per heavy atom. The molecular weight excluding hydrogens is 408 g/mol. The molecule has 0 atom stereocenters. The first-order valence-electron chi connectivity index (χ1n) is 10.2. The second-order valence-electron chi connectivity index (χ2n) is 7.63. The quantitative estimate of drug-likeness (QED) is 0.325. The molecule has 0 aliphatic rings. The lowest BCUT2D eigenvalue weighted by atomic mass is 10.0. The molecule has 7 nitrogen and oxygen atoms in total. The maximum atomic E-state index is 6.22. The molecule has 4 aromatic rings. The van der Waals surface area contributed by atoms with Crippen molar-refractivity contribution in [3.63, 3.8) is 0 Å². The van der Waals surface area contributed by atoms with E-state index in [1.54, 1.807) is 0 Å². The first-order chi connectivity index (χ1) is 15.0. The number of hydrogen-bond donors (Lipinski definition) is 1. The molecule has 2 N–H and O–H groups in total. The minimum absolute atomic E-state index is 0.260. The third-order valence-corrected chi connectivity index (χ3v) is 5.87. The monoisotopic (exact) mass is 434 g/mol. The van der Waals surface area contributed by atoms with E-state index in [4.69, 9.17) is 10.6 Å². The van der Waals surface area contributed by atoms with E-state index in [-0.39, 0.29) is 6.61 Å². The molecule has 0 radical (unpaired) electrons. The number of rotatable bonds is 8. The molecule has 0 bridgehead atoms. The van der Waals surface area contributed by atoms with Crippen molar-refractivity contribution in [2.75, 3.05) is 5.84 Å². The van der Waals surface area contributed by atoms with Gasteiger partial charge in [0, 0.05) is 11.9 Å². The van der Waals surface area contributed by atoms with Gasteiger partial charge in [0.1, 0.15) is 12.4 Å². The maximum Gasteiger partial charge on any atom is 0.210 e. The highest BCUT2D eigenvalue weighted by atomic mass is 32.2. The smallest absolute Gasteiger partial charge is 0.210 e. The summed E-state index contributed by atoms with van der Waals surface area (Å²) < 4.78 is 9.39. The normalized spacial score (nSPS) is 11.2. The Balaban J connectivity index is 1.39. The summed E-state index contributed by atoms with van der Waals surface area (Å²) in [6, 6.07) is 18.3. The summed E-state index contributed by atoms with van der Waals surface area (Å²) >= 11 is 1.49. The predicted octanol–water partition coefficient (Wildman–Crippen LogP) is 4.48. The SMILES string of the molecule is Cc1ccc(C(C)C)c(OCc2nnc(SCc3ccn(-c4ccccc4)n3)n2N)c1. The van der Waals surface area contributed by atoms with E-state index in [2.05, 4.69) is 48.2 Å². The number of para-hydroxylation sites is 1. The van der Waals surface area contributed by atoms with E-state index < -0.39 is 0 Å². The summed E-state index contributed by atoms with van der Waals surface area (Å²) in [5.74, 6) is 8.67. The molecule has 0 aliphatic heterocycles. The lowest BCUT2D eigenvalue weighted by Gasteiger charge is -2.14. The summed E-state index contributed by atoms with van der Waals surface area (Å²) in [6.07, 6.45) is 1.95. The second kappa shape index (κ2) is 9.26. The minimum atomic E-state index is 0.260. The molecule has 2 aromatic carbocycles. The third-order valence-electron chi connectivity index (χ3n) is 4.90. The van der Waals surface area contributed by atoms with Gasteiger partial charge < -0.3 is 10.6 Å². The van der Waals surface area contributed by atoms with Crippen LogP contribution < -0.4 is 10.6 Å². The van der Waals surface area contributed by atoms with Gasteiger partial charge in [-0.1, -0.05) is 55.9 Å². The van der Waals surface area contributed by atoms with Crippen LogP contribution in [0.4, 0.5) is 0 Å². The van der Waals surface area contributed by atoms with Crippen LogP contribution in [0.3, 0.4) is 0 Å². The van der Waals surface area contributed by atoms with E-state index in [9.17, 15) is 0 Å². The topological polar surface area (TPSA) is 83.8 Å². The number of nitrogen functional groups attached to an aromatic ring is 1. The summed E-state index contributed by atoms with van der Waals surface area (Å²) in [5.41, 5.74) is 4.28. The molecule has 0 amide bonds. The molecule has 0 unspecified atom stereocenters. The van der Waals surface area contributed by atoms with Crippen LogP contribution in [-0.4, -0.2) is 24.7 Å². The number of nitrogens with zero attached hydrogens (tertiary/aromatic N) is 5. The number of nitrogens with two attached hydrogens (primary N) is 1. The van der Waals surface area contributed by atoms with Crippen LogP contribution in [0.15, 0.2) is 66.0 Å². The Labute approximate surface area is 186 Å². The van der Waals surface area contributed by atoms with E-state index in [0.29, 0.717) is 22.7 Å². The van der Waals surface area contributed by atoms with Crippen LogP contribution in [0, 0.1) is 6.92 Å². The fourth-order valence-electron chi connectivity index (χ4n) is 3.19. The van der Waals surface area contributed by atoms with Gasteiger partial charge in [0.05, 0.1) is 11.4 Å². The number of ether oxygens (including phenoxy) is 1. The molecule has 2 aromatic heterocycles. The van der Waals surface area contributed by atoms with Gasteiger partial charge in [0.15, 0.2) is 5.82 Å². The first kappa shape index (κ1) is 21.0. The highest BCUT2D eigenvalue weighted by Crippen LogP contribution is 2.28. The molecule has 8 heteroatoms. The summed E-state index contributed by atoms with van der Waals surface area (Å²) in [7, 11) is 0. The van der Waals surface area contributed by atoms with Crippen molar-refractivity contribution in [3.8, 4) is 11.4 Å². The Kier molecular flexibility index (Phi) is 6.27. The largest absolute Gasteiger partial charge is 0.485 e. The third kappa shape index (κ3) is 4.91. The number of hydrogen-bond acceptors (Lipinski definition) is 6. The average Bonchev–Trinajstić information content (AvgIpc) is 3.38. The number of thioether (sulfide) groups is 1. The molecule has 160 valence electrons. The number of benzene rings is 2. The Morgan fingerprint density at radius 1 is 1.06 bits per heavy atom. The van der Waals surface area contributed by atoms with Crippen LogP contribution in [0.1, 0.15) is 42.4 Å². The lowest BCUT2D eigenvalue weighted by molar-refractivity contribution is 0.287. The van der Waals surface area contributed by atoms with Gasteiger partial charge in [-0.2, -0.15) is 5.10 Å². The van der Waals surface area contributed by atoms with Gasteiger partial charge in [0.25, 0.3) is 0 Å². The molecule has 0 saturated heterocycles. The zero-order valence-electron chi connectivity index (χ0n) is 17.9. The first-order valence-corrected chi connectivity index (χ1v) is 11.2. The van der Waals surface area contributed by atoms with Gasteiger partial charge in [-0.25, -0.2) is 9.36 Å². The maximum absolute atomic E-state index is 6.22. The summed E-state index contributed by atoms with van der Waals surface area (Å²) in [6.45, 7) is 6.61. The van der Waals surface area contributed by atoms with Gasteiger partial charge in [0.2, 0.25) is 5.16 Å². The van der Waals surface area contributed by atoms with Crippen LogP contribution in [0.2, 0.25) is 0 Å². The van der Waals surface area contributed by atoms with Crippen LogP contribution in [-0.2, 0) is 12.4 Å². The average molecular weight is 435 g/mol. The zero-order valence-corrected chi connectivity index (χ0v) is 18.7. The van der Waals surface area contributed by atoms with Crippen molar-refractivity contribution in [1.29, 1.82) is 0 Å². The highest BCUT2D eigenvalue weighted by Gasteiger charge is 2.14. The van der Waals surface area contributed by atoms with Crippen molar-refractivity contribution in [1.82, 2.24) is 24.7 Å².